The Kier molecular flexibility index (Phi) is 4.92. The van der Waals surface area contributed by atoms with Crippen molar-refractivity contribution in [2.45, 2.75) is 38.6 Å². The van der Waals surface area contributed by atoms with Gasteiger partial charge in [0.15, 0.2) is 0 Å². The molecule has 0 atom stereocenters. The average Bonchev–Trinajstić information content (AvgIpc) is 3.42. The summed E-state index contributed by atoms with van der Waals surface area (Å²) >= 11 is 1.64. The minimum Gasteiger partial charge on any atom is -0.345 e. The van der Waals surface area contributed by atoms with E-state index in [2.05, 4.69) is 20.3 Å². The molecule has 0 bridgehead atoms. The van der Waals surface area contributed by atoms with E-state index in [9.17, 15) is 9.59 Å². The molecule has 1 amide bonds. The predicted octanol–water partition coefficient (Wildman–Crippen LogP) is 3.76. The number of carbonyl (C=O) groups is 1. The highest BCUT2D eigenvalue weighted by atomic mass is 32.1. The van der Waals surface area contributed by atoms with Crippen molar-refractivity contribution in [2.24, 2.45) is 0 Å². The first-order chi connectivity index (χ1) is 14.7. The summed E-state index contributed by atoms with van der Waals surface area (Å²) in [5.41, 5.74) is 2.80. The van der Waals surface area contributed by atoms with Crippen LogP contribution in [0.4, 0.5) is 5.69 Å². The molecular weight excluding hydrogens is 398 g/mol. The second-order valence-corrected chi connectivity index (χ2v) is 8.53. The molecule has 1 aliphatic carbocycles. The molecular formula is C22H21N5O2S. The Balaban J connectivity index is 1.27. The van der Waals surface area contributed by atoms with Crippen molar-refractivity contribution in [3.05, 3.63) is 63.8 Å². The van der Waals surface area contributed by atoms with Crippen LogP contribution in [0.2, 0.25) is 0 Å². The lowest BCUT2D eigenvalue weighted by molar-refractivity contribution is -0.116. The number of aromatic nitrogens is 4. The second-order valence-electron chi connectivity index (χ2n) is 7.45. The summed E-state index contributed by atoms with van der Waals surface area (Å²) < 4.78 is 1.56. The third-order valence-electron chi connectivity index (χ3n) is 5.46. The van der Waals surface area contributed by atoms with Gasteiger partial charge in [0.05, 0.1) is 11.7 Å². The van der Waals surface area contributed by atoms with Crippen molar-refractivity contribution in [1.29, 1.82) is 0 Å². The molecule has 0 spiro atoms. The first-order valence-corrected chi connectivity index (χ1v) is 10.9. The van der Waals surface area contributed by atoms with E-state index >= 15 is 0 Å². The van der Waals surface area contributed by atoms with Crippen LogP contribution in [0.15, 0.2) is 47.8 Å². The van der Waals surface area contributed by atoms with Gasteiger partial charge in [0.2, 0.25) is 5.91 Å². The van der Waals surface area contributed by atoms with Gasteiger partial charge in [0.25, 0.3) is 5.56 Å². The van der Waals surface area contributed by atoms with E-state index < -0.39 is 0 Å². The Morgan fingerprint density at radius 3 is 2.80 bits per heavy atom. The highest BCUT2D eigenvalue weighted by molar-refractivity contribution is 7.18. The zero-order chi connectivity index (χ0) is 20.5. The van der Waals surface area contributed by atoms with Crippen LogP contribution in [0.5, 0.6) is 0 Å². The number of thiophene rings is 1. The molecule has 3 aromatic heterocycles. The van der Waals surface area contributed by atoms with Crippen molar-refractivity contribution in [2.75, 3.05) is 5.32 Å². The zero-order valence-electron chi connectivity index (χ0n) is 16.4. The maximum atomic E-state index is 13.0. The smallest absolute Gasteiger partial charge is 0.262 e. The van der Waals surface area contributed by atoms with Gasteiger partial charge in [-0.15, -0.1) is 11.3 Å². The molecule has 0 saturated carbocycles. The summed E-state index contributed by atoms with van der Waals surface area (Å²) in [5.74, 6) is 0.644. The molecule has 152 valence electrons. The van der Waals surface area contributed by atoms with E-state index in [4.69, 9.17) is 0 Å². The molecule has 0 saturated heterocycles. The fourth-order valence-corrected chi connectivity index (χ4v) is 5.14. The number of H-pyrrole nitrogens is 1. The van der Waals surface area contributed by atoms with Gasteiger partial charge in [-0.2, -0.15) is 0 Å². The van der Waals surface area contributed by atoms with Crippen molar-refractivity contribution >= 4 is 33.1 Å². The van der Waals surface area contributed by atoms with Crippen LogP contribution >= 0.6 is 11.3 Å². The van der Waals surface area contributed by atoms with E-state index in [0.717, 1.165) is 40.9 Å². The lowest BCUT2D eigenvalue weighted by atomic mass is 9.97. The first-order valence-electron chi connectivity index (χ1n) is 10.1. The van der Waals surface area contributed by atoms with Crippen LogP contribution in [0.1, 0.15) is 29.7 Å². The van der Waals surface area contributed by atoms with Gasteiger partial charge in [-0.25, -0.2) is 9.97 Å². The molecule has 0 unspecified atom stereocenters. The highest BCUT2D eigenvalue weighted by Crippen LogP contribution is 2.33. The van der Waals surface area contributed by atoms with Gasteiger partial charge in [-0.1, -0.05) is 0 Å². The monoisotopic (exact) mass is 419 g/mol. The van der Waals surface area contributed by atoms with Crippen LogP contribution in [0.3, 0.4) is 0 Å². The Morgan fingerprint density at radius 2 is 2.00 bits per heavy atom. The van der Waals surface area contributed by atoms with Crippen molar-refractivity contribution in [3.63, 3.8) is 0 Å². The number of aryl methyl sites for hydroxylation is 3. The molecule has 3 heterocycles. The van der Waals surface area contributed by atoms with Crippen LogP contribution in [0, 0.1) is 0 Å². The van der Waals surface area contributed by atoms with E-state index in [1.165, 1.54) is 16.9 Å². The average molecular weight is 420 g/mol. The molecule has 0 radical (unpaired) electrons. The SMILES string of the molecule is O=C(CCn1cnc2sc3c(c2c1=O)CCCC3)Nc1ccc(-c2ncc[nH]2)cc1. The second kappa shape index (κ2) is 7.87. The van der Waals surface area contributed by atoms with Crippen LogP contribution in [0.25, 0.3) is 21.6 Å². The minimum absolute atomic E-state index is 0.0324. The first kappa shape index (κ1) is 18.7. The summed E-state index contributed by atoms with van der Waals surface area (Å²) in [5, 5.41) is 3.64. The van der Waals surface area contributed by atoms with E-state index in [-0.39, 0.29) is 17.9 Å². The number of aromatic amines is 1. The summed E-state index contributed by atoms with van der Waals surface area (Å²) in [7, 11) is 0. The summed E-state index contributed by atoms with van der Waals surface area (Å²) in [6, 6.07) is 7.48. The van der Waals surface area contributed by atoms with Crippen molar-refractivity contribution < 1.29 is 4.79 Å². The van der Waals surface area contributed by atoms with E-state index in [1.807, 2.05) is 24.3 Å². The minimum atomic E-state index is -0.139. The molecule has 7 nitrogen and oxygen atoms in total. The van der Waals surface area contributed by atoms with E-state index in [1.54, 1.807) is 34.6 Å². The van der Waals surface area contributed by atoms with Gasteiger partial charge in [0, 0.05) is 41.5 Å². The number of amides is 1. The highest BCUT2D eigenvalue weighted by Gasteiger charge is 2.20. The molecule has 8 heteroatoms. The molecule has 4 aromatic rings. The number of rotatable bonds is 5. The van der Waals surface area contributed by atoms with Gasteiger partial charge in [0.1, 0.15) is 10.7 Å². The quantitative estimate of drug-likeness (QED) is 0.515. The number of nitrogens with zero attached hydrogens (tertiary/aromatic N) is 3. The van der Waals surface area contributed by atoms with E-state index in [0.29, 0.717) is 12.2 Å². The standard InChI is InChI=1S/C22H21N5O2S/c28-18(26-15-7-5-14(6-8-15)20-23-10-11-24-20)9-12-27-13-25-21-19(22(27)29)16-3-1-2-4-17(16)30-21/h5-8,10-11,13H,1-4,9,12H2,(H,23,24)(H,26,28). The zero-order valence-corrected chi connectivity index (χ0v) is 17.2. The predicted molar refractivity (Wildman–Crippen MR) is 118 cm³/mol. The number of hydrogen-bond donors (Lipinski definition) is 2. The Bertz CT molecular complexity index is 1260. The molecule has 1 aliphatic rings. The fourth-order valence-electron chi connectivity index (χ4n) is 3.92. The molecule has 0 aliphatic heterocycles. The topological polar surface area (TPSA) is 92.7 Å². The molecule has 2 N–H and O–H groups in total. The number of fused-ring (bicyclic) bond motifs is 3. The molecule has 0 fully saturated rings. The molecule has 1 aromatic carbocycles. The van der Waals surface area contributed by atoms with Crippen LogP contribution < -0.4 is 10.9 Å². The summed E-state index contributed by atoms with van der Waals surface area (Å²) in [6.45, 7) is 0.308. The number of benzene rings is 1. The number of carbonyl (C=O) groups excluding carboxylic acids is 1. The van der Waals surface area contributed by atoms with Gasteiger partial charge in [-0.05, 0) is 55.5 Å². The third kappa shape index (κ3) is 3.54. The Hall–Kier alpha value is -3.26. The van der Waals surface area contributed by atoms with Crippen LogP contribution in [-0.2, 0) is 24.2 Å². The summed E-state index contributed by atoms with van der Waals surface area (Å²) in [4.78, 5) is 39.2. The summed E-state index contributed by atoms with van der Waals surface area (Å²) in [6.07, 6.45) is 9.53. The Morgan fingerprint density at radius 1 is 1.17 bits per heavy atom. The number of nitrogens with one attached hydrogen (secondary N) is 2. The lowest BCUT2D eigenvalue weighted by Gasteiger charge is -2.10. The van der Waals surface area contributed by atoms with Gasteiger partial charge in [-0.3, -0.25) is 14.2 Å². The van der Waals surface area contributed by atoms with Gasteiger partial charge < -0.3 is 10.3 Å². The number of hydrogen-bond acceptors (Lipinski definition) is 5. The molecule has 5 rings (SSSR count). The largest absolute Gasteiger partial charge is 0.345 e. The molecule has 30 heavy (non-hydrogen) atoms. The van der Waals surface area contributed by atoms with Crippen LogP contribution in [-0.4, -0.2) is 25.4 Å². The number of imidazole rings is 1. The fraction of sp³-hybridized carbons (Fsp3) is 0.273. The van der Waals surface area contributed by atoms with Gasteiger partial charge >= 0.3 is 0 Å². The van der Waals surface area contributed by atoms with Crippen molar-refractivity contribution in [3.8, 4) is 11.4 Å². The lowest BCUT2D eigenvalue weighted by Crippen LogP contribution is -2.24. The maximum absolute atomic E-state index is 13.0. The normalized spacial score (nSPS) is 13.3. The maximum Gasteiger partial charge on any atom is 0.262 e. The third-order valence-corrected chi connectivity index (χ3v) is 6.66. The van der Waals surface area contributed by atoms with Crippen molar-refractivity contribution in [1.82, 2.24) is 19.5 Å². The number of anilines is 1. The Labute approximate surface area is 176 Å².